The van der Waals surface area contributed by atoms with Gasteiger partial charge < -0.3 is 14.6 Å². The highest BCUT2D eigenvalue weighted by atomic mass is 16.5. The molecule has 22 heavy (non-hydrogen) atoms. The van der Waals surface area contributed by atoms with Crippen molar-refractivity contribution >= 4 is 11.9 Å². The monoisotopic (exact) mass is 310 g/mol. The summed E-state index contributed by atoms with van der Waals surface area (Å²) in [4.78, 5) is 23.0. The van der Waals surface area contributed by atoms with Crippen molar-refractivity contribution in [3.05, 3.63) is 24.8 Å². The van der Waals surface area contributed by atoms with Crippen molar-refractivity contribution in [3.63, 3.8) is 0 Å². The molecule has 0 aromatic rings. The molecule has 0 radical (unpaired) electrons. The van der Waals surface area contributed by atoms with Crippen LogP contribution < -0.4 is 0 Å². The largest absolute Gasteiger partial charge is 0.469 e. The topological polar surface area (TPSA) is 72.8 Å². The third-order valence-electron chi connectivity index (χ3n) is 4.72. The fourth-order valence-corrected chi connectivity index (χ4v) is 3.30. The minimum atomic E-state index is -1.18. The summed E-state index contributed by atoms with van der Waals surface area (Å²) in [6, 6.07) is 0. The quantitative estimate of drug-likeness (QED) is 0.577. The van der Waals surface area contributed by atoms with Gasteiger partial charge in [-0.25, -0.2) is 0 Å². The summed E-state index contributed by atoms with van der Waals surface area (Å²) in [5.41, 5.74) is -2.10. The summed E-state index contributed by atoms with van der Waals surface area (Å²) >= 11 is 0. The summed E-state index contributed by atoms with van der Waals surface area (Å²) in [5.74, 6) is -0.838. The first-order chi connectivity index (χ1) is 10.3. The fourth-order valence-electron chi connectivity index (χ4n) is 3.30. The maximum absolute atomic E-state index is 12.3. The molecular formula is C17H26O5. The number of hydrogen-bond donors (Lipinski definition) is 1. The van der Waals surface area contributed by atoms with Crippen LogP contribution in [0.15, 0.2) is 24.8 Å². The fraction of sp³-hybridized carbons (Fsp3) is 0.647. The van der Waals surface area contributed by atoms with E-state index in [1.165, 1.54) is 14.0 Å². The van der Waals surface area contributed by atoms with Crippen LogP contribution in [0.3, 0.4) is 0 Å². The molecule has 0 unspecified atom stereocenters. The van der Waals surface area contributed by atoms with Crippen molar-refractivity contribution in [2.45, 2.75) is 45.1 Å². The Labute approximate surface area is 132 Å². The van der Waals surface area contributed by atoms with E-state index in [0.29, 0.717) is 25.7 Å². The SMILES string of the molecule is C=C[C@H]1CC[C@](CC/C=C/COC(C)=O)(C(=O)OC)[C@]1(C)O. The van der Waals surface area contributed by atoms with Crippen molar-refractivity contribution in [2.24, 2.45) is 11.3 Å². The molecule has 1 aliphatic rings. The van der Waals surface area contributed by atoms with Crippen molar-refractivity contribution in [2.75, 3.05) is 13.7 Å². The molecule has 124 valence electrons. The lowest BCUT2D eigenvalue weighted by Gasteiger charge is -2.39. The molecule has 5 nitrogen and oxygen atoms in total. The molecule has 0 saturated heterocycles. The van der Waals surface area contributed by atoms with Crippen LogP contribution in [0.1, 0.15) is 39.5 Å². The van der Waals surface area contributed by atoms with Crippen molar-refractivity contribution in [3.8, 4) is 0 Å². The molecule has 1 fully saturated rings. The molecule has 1 rings (SSSR count). The van der Waals surface area contributed by atoms with E-state index in [1.54, 1.807) is 19.1 Å². The van der Waals surface area contributed by atoms with Gasteiger partial charge in [0.1, 0.15) is 6.61 Å². The Hall–Kier alpha value is -1.62. The van der Waals surface area contributed by atoms with E-state index in [9.17, 15) is 14.7 Å². The van der Waals surface area contributed by atoms with Crippen molar-refractivity contribution < 1.29 is 24.2 Å². The molecule has 1 aliphatic carbocycles. The molecule has 3 atom stereocenters. The number of ether oxygens (including phenoxy) is 2. The van der Waals surface area contributed by atoms with Crippen LogP contribution in [-0.4, -0.2) is 36.4 Å². The average molecular weight is 310 g/mol. The van der Waals surface area contributed by atoms with Gasteiger partial charge in [0.25, 0.3) is 0 Å². The Morgan fingerprint density at radius 3 is 2.59 bits per heavy atom. The lowest BCUT2D eigenvalue weighted by atomic mass is 9.69. The molecule has 1 saturated carbocycles. The van der Waals surface area contributed by atoms with Crippen LogP contribution in [-0.2, 0) is 19.1 Å². The number of rotatable bonds is 7. The molecule has 0 amide bonds. The van der Waals surface area contributed by atoms with Crippen molar-refractivity contribution in [1.82, 2.24) is 0 Å². The molecule has 5 heteroatoms. The van der Waals surface area contributed by atoms with E-state index in [4.69, 9.17) is 9.47 Å². The molecule has 0 aromatic carbocycles. The van der Waals surface area contributed by atoms with E-state index in [1.807, 2.05) is 6.08 Å². The van der Waals surface area contributed by atoms with Crippen LogP contribution in [0.2, 0.25) is 0 Å². The van der Waals surface area contributed by atoms with Gasteiger partial charge in [-0.15, -0.1) is 6.58 Å². The minimum absolute atomic E-state index is 0.128. The highest BCUT2D eigenvalue weighted by molar-refractivity contribution is 5.79. The maximum Gasteiger partial charge on any atom is 0.314 e. The number of carbonyl (C=O) groups excluding carboxylic acids is 2. The van der Waals surface area contributed by atoms with Crippen LogP contribution >= 0.6 is 0 Å². The van der Waals surface area contributed by atoms with E-state index in [-0.39, 0.29) is 24.5 Å². The van der Waals surface area contributed by atoms with Gasteiger partial charge in [0.05, 0.1) is 18.1 Å². The van der Waals surface area contributed by atoms with E-state index < -0.39 is 11.0 Å². The summed E-state index contributed by atoms with van der Waals surface area (Å²) in [7, 11) is 1.35. The van der Waals surface area contributed by atoms with Gasteiger partial charge >= 0.3 is 11.9 Å². The van der Waals surface area contributed by atoms with Gasteiger partial charge in [0.2, 0.25) is 0 Å². The highest BCUT2D eigenvalue weighted by Crippen LogP contribution is 2.53. The Bertz CT molecular complexity index is 452. The van der Waals surface area contributed by atoms with E-state index in [2.05, 4.69) is 6.58 Å². The van der Waals surface area contributed by atoms with Gasteiger partial charge in [-0.2, -0.15) is 0 Å². The zero-order valence-electron chi connectivity index (χ0n) is 13.6. The Balaban J connectivity index is 2.77. The Morgan fingerprint density at radius 1 is 1.41 bits per heavy atom. The first-order valence-electron chi connectivity index (χ1n) is 7.53. The van der Waals surface area contributed by atoms with Crippen LogP contribution in [0.5, 0.6) is 0 Å². The number of methoxy groups -OCH3 is 1. The molecule has 0 spiro atoms. The maximum atomic E-state index is 12.3. The lowest BCUT2D eigenvalue weighted by molar-refractivity contribution is -0.170. The summed E-state index contributed by atoms with van der Waals surface area (Å²) < 4.78 is 9.75. The van der Waals surface area contributed by atoms with Gasteiger partial charge in [0.15, 0.2) is 0 Å². The molecular weight excluding hydrogens is 284 g/mol. The zero-order valence-corrected chi connectivity index (χ0v) is 13.6. The standard InChI is InChI=1S/C17H26O5/c1-5-14-9-11-17(15(19)21-4,16(14,3)20)10-7-6-8-12-22-13(2)18/h5-6,8,14,20H,1,7,9-12H2,2-4H3/b8-6+/t14-,16+,17+/m0/s1. The molecule has 0 heterocycles. The smallest absolute Gasteiger partial charge is 0.314 e. The zero-order chi connectivity index (χ0) is 16.8. The molecule has 0 bridgehead atoms. The Kier molecular flexibility index (Phi) is 6.35. The predicted molar refractivity (Wildman–Crippen MR) is 83.0 cm³/mol. The predicted octanol–water partition coefficient (Wildman–Crippen LogP) is 2.39. The molecule has 0 aliphatic heterocycles. The number of carbonyl (C=O) groups is 2. The molecule has 0 aromatic heterocycles. The highest BCUT2D eigenvalue weighted by Gasteiger charge is 2.60. The van der Waals surface area contributed by atoms with E-state index in [0.717, 1.165) is 0 Å². The van der Waals surface area contributed by atoms with Gasteiger partial charge in [-0.3, -0.25) is 9.59 Å². The third-order valence-corrected chi connectivity index (χ3v) is 4.72. The number of allylic oxidation sites excluding steroid dienone is 1. The summed E-state index contributed by atoms with van der Waals surface area (Å²) in [6.45, 7) is 7.01. The minimum Gasteiger partial charge on any atom is -0.469 e. The van der Waals surface area contributed by atoms with Crippen LogP contribution in [0.4, 0.5) is 0 Å². The first-order valence-corrected chi connectivity index (χ1v) is 7.53. The third kappa shape index (κ3) is 3.58. The number of hydrogen-bond acceptors (Lipinski definition) is 5. The second-order valence-corrected chi connectivity index (χ2v) is 5.91. The second kappa shape index (κ2) is 7.58. The lowest BCUT2D eigenvalue weighted by Crippen LogP contribution is -2.50. The van der Waals surface area contributed by atoms with Crippen molar-refractivity contribution in [1.29, 1.82) is 0 Å². The summed E-state index contributed by atoms with van der Waals surface area (Å²) in [5, 5.41) is 10.9. The molecule has 1 N–H and O–H groups in total. The first kappa shape index (κ1) is 18.4. The van der Waals surface area contributed by atoms with Gasteiger partial charge in [-0.05, 0) is 32.6 Å². The van der Waals surface area contributed by atoms with Gasteiger partial charge in [-0.1, -0.05) is 18.2 Å². The van der Waals surface area contributed by atoms with Crippen LogP contribution in [0.25, 0.3) is 0 Å². The second-order valence-electron chi connectivity index (χ2n) is 5.91. The average Bonchev–Trinajstić information content (AvgIpc) is 2.73. The normalized spacial score (nSPS) is 31.2. The van der Waals surface area contributed by atoms with Gasteiger partial charge in [0, 0.05) is 12.8 Å². The number of esters is 2. The summed E-state index contributed by atoms with van der Waals surface area (Å²) in [6.07, 6.45) is 7.65. The van der Waals surface area contributed by atoms with E-state index >= 15 is 0 Å². The number of aliphatic hydroxyl groups is 1. The Morgan fingerprint density at radius 2 is 2.09 bits per heavy atom. The van der Waals surface area contributed by atoms with Crippen LogP contribution in [0, 0.1) is 11.3 Å².